The first kappa shape index (κ1) is 12.0. The molecule has 0 N–H and O–H groups in total. The van der Waals surface area contributed by atoms with Gasteiger partial charge in [0, 0.05) is 34.7 Å². The summed E-state index contributed by atoms with van der Waals surface area (Å²) in [5, 5.41) is 1.27. The zero-order chi connectivity index (χ0) is 12.5. The van der Waals surface area contributed by atoms with Crippen LogP contribution in [0, 0.1) is 6.92 Å². The summed E-state index contributed by atoms with van der Waals surface area (Å²) in [6, 6.07) is 10.6. The van der Waals surface area contributed by atoms with Crippen molar-refractivity contribution in [2.45, 2.75) is 24.6 Å². The maximum absolute atomic E-state index is 4.61. The average Bonchev–Trinajstić information content (AvgIpc) is 2.37. The molecule has 2 aromatic rings. The number of hydrogen-bond donors (Lipinski definition) is 0. The highest BCUT2D eigenvalue weighted by atomic mass is 79.9. The number of para-hydroxylation sites is 1. The van der Waals surface area contributed by atoms with Crippen LogP contribution in [0.15, 0.2) is 30.3 Å². The van der Waals surface area contributed by atoms with Gasteiger partial charge in [-0.05, 0) is 31.9 Å². The van der Waals surface area contributed by atoms with E-state index < -0.39 is 0 Å². The number of pyridine rings is 1. The molecule has 1 aliphatic rings. The summed E-state index contributed by atoms with van der Waals surface area (Å²) in [5.74, 6) is 0. The Morgan fingerprint density at radius 2 is 2.17 bits per heavy atom. The van der Waals surface area contributed by atoms with Crippen LogP contribution < -0.4 is 4.90 Å². The summed E-state index contributed by atoms with van der Waals surface area (Å²) in [4.78, 5) is 7.71. The van der Waals surface area contributed by atoms with Crippen molar-refractivity contribution in [1.82, 2.24) is 4.98 Å². The fraction of sp³-hybridized carbons (Fsp3) is 0.400. The standard InChI is InChI=1S/C15H17BrN2/c1-11-9-15(18-8-4-5-12(16)10-18)13-6-2-3-7-14(13)17-11/h2-3,6-7,9,12H,4-5,8,10H2,1H3. The van der Waals surface area contributed by atoms with E-state index in [0.717, 1.165) is 24.3 Å². The predicted octanol–water partition coefficient (Wildman–Crippen LogP) is 3.91. The van der Waals surface area contributed by atoms with Crippen molar-refractivity contribution < 1.29 is 0 Å². The Morgan fingerprint density at radius 1 is 1.33 bits per heavy atom. The lowest BCUT2D eigenvalue weighted by atomic mass is 10.1. The van der Waals surface area contributed by atoms with E-state index in [1.165, 1.54) is 23.9 Å². The number of nitrogens with zero attached hydrogens (tertiary/aromatic N) is 2. The van der Waals surface area contributed by atoms with Crippen molar-refractivity contribution >= 4 is 32.5 Å². The van der Waals surface area contributed by atoms with Crippen LogP contribution in [0.5, 0.6) is 0 Å². The molecule has 0 bridgehead atoms. The minimum absolute atomic E-state index is 0.610. The van der Waals surface area contributed by atoms with Gasteiger partial charge < -0.3 is 4.90 Å². The summed E-state index contributed by atoms with van der Waals surface area (Å²) in [7, 11) is 0. The number of aryl methyl sites for hydroxylation is 1. The zero-order valence-electron chi connectivity index (χ0n) is 10.6. The number of hydrogen-bond acceptors (Lipinski definition) is 2. The molecule has 1 unspecified atom stereocenters. The van der Waals surface area contributed by atoms with Crippen LogP contribution in [0.3, 0.4) is 0 Å². The van der Waals surface area contributed by atoms with Gasteiger partial charge in [0.05, 0.1) is 5.52 Å². The summed E-state index contributed by atoms with van der Waals surface area (Å²) in [5.41, 5.74) is 3.53. The molecule has 3 rings (SSSR count). The monoisotopic (exact) mass is 304 g/mol. The first-order chi connectivity index (χ1) is 8.74. The number of anilines is 1. The molecule has 2 heterocycles. The number of rotatable bonds is 1. The maximum atomic E-state index is 4.61. The molecule has 0 aliphatic carbocycles. The molecule has 0 radical (unpaired) electrons. The molecule has 94 valence electrons. The zero-order valence-corrected chi connectivity index (χ0v) is 12.2. The molecule has 0 spiro atoms. The van der Waals surface area contributed by atoms with Gasteiger partial charge in [-0.1, -0.05) is 34.1 Å². The largest absolute Gasteiger partial charge is 0.370 e. The molecular formula is C15H17BrN2. The molecule has 3 heteroatoms. The average molecular weight is 305 g/mol. The summed E-state index contributed by atoms with van der Waals surface area (Å²) in [6.07, 6.45) is 2.53. The van der Waals surface area contributed by atoms with Gasteiger partial charge in [0.1, 0.15) is 0 Å². The first-order valence-electron chi connectivity index (χ1n) is 6.49. The maximum Gasteiger partial charge on any atom is 0.0726 e. The fourth-order valence-electron chi connectivity index (χ4n) is 2.69. The van der Waals surface area contributed by atoms with Crippen LogP contribution in [0.2, 0.25) is 0 Å². The van der Waals surface area contributed by atoms with E-state index in [2.05, 4.69) is 63.1 Å². The predicted molar refractivity (Wildman–Crippen MR) is 80.6 cm³/mol. The Hall–Kier alpha value is -1.09. The van der Waals surface area contributed by atoms with Gasteiger partial charge in [0.25, 0.3) is 0 Å². The Balaban J connectivity index is 2.09. The van der Waals surface area contributed by atoms with E-state index >= 15 is 0 Å². The van der Waals surface area contributed by atoms with Crippen molar-refractivity contribution in [3.05, 3.63) is 36.0 Å². The Labute approximate surface area is 116 Å². The highest BCUT2D eigenvalue weighted by Crippen LogP contribution is 2.30. The SMILES string of the molecule is Cc1cc(N2CCCC(Br)C2)c2ccccc2n1. The van der Waals surface area contributed by atoms with Crippen molar-refractivity contribution in [1.29, 1.82) is 0 Å². The molecule has 1 atom stereocenters. The van der Waals surface area contributed by atoms with Crippen LogP contribution in [0.25, 0.3) is 10.9 Å². The molecule has 1 aliphatic heterocycles. The van der Waals surface area contributed by atoms with Crippen LogP contribution in [-0.2, 0) is 0 Å². The summed E-state index contributed by atoms with van der Waals surface area (Å²) in [6.45, 7) is 4.31. The van der Waals surface area contributed by atoms with Gasteiger partial charge in [-0.15, -0.1) is 0 Å². The Bertz CT molecular complexity index is 567. The summed E-state index contributed by atoms with van der Waals surface area (Å²) >= 11 is 3.75. The van der Waals surface area contributed by atoms with E-state index in [0.29, 0.717) is 4.83 Å². The van der Waals surface area contributed by atoms with Gasteiger partial charge in [-0.25, -0.2) is 0 Å². The number of aromatic nitrogens is 1. The third-order valence-electron chi connectivity index (χ3n) is 3.53. The molecule has 18 heavy (non-hydrogen) atoms. The number of piperidine rings is 1. The molecule has 1 aromatic heterocycles. The van der Waals surface area contributed by atoms with Crippen LogP contribution >= 0.6 is 15.9 Å². The first-order valence-corrected chi connectivity index (χ1v) is 7.41. The molecule has 1 saturated heterocycles. The molecule has 1 fully saturated rings. The second-order valence-electron chi connectivity index (χ2n) is 4.99. The van der Waals surface area contributed by atoms with Gasteiger partial charge >= 0.3 is 0 Å². The Morgan fingerprint density at radius 3 is 3.00 bits per heavy atom. The number of fused-ring (bicyclic) bond motifs is 1. The second kappa shape index (κ2) is 4.88. The topological polar surface area (TPSA) is 16.1 Å². The third kappa shape index (κ3) is 2.24. The highest BCUT2D eigenvalue weighted by Gasteiger charge is 2.19. The quantitative estimate of drug-likeness (QED) is 0.743. The number of benzene rings is 1. The van der Waals surface area contributed by atoms with Gasteiger partial charge in [0.2, 0.25) is 0 Å². The second-order valence-corrected chi connectivity index (χ2v) is 6.28. The molecule has 0 saturated carbocycles. The van der Waals surface area contributed by atoms with E-state index in [1.807, 2.05) is 0 Å². The van der Waals surface area contributed by atoms with Crippen molar-refractivity contribution in [3.63, 3.8) is 0 Å². The minimum atomic E-state index is 0.610. The normalized spacial score (nSPS) is 20.3. The molecule has 0 amide bonds. The Kier molecular flexibility index (Phi) is 3.25. The third-order valence-corrected chi connectivity index (χ3v) is 4.27. The number of halogens is 1. The van der Waals surface area contributed by atoms with Crippen LogP contribution in [0.4, 0.5) is 5.69 Å². The van der Waals surface area contributed by atoms with E-state index in [-0.39, 0.29) is 0 Å². The van der Waals surface area contributed by atoms with Crippen LogP contribution in [-0.4, -0.2) is 22.9 Å². The van der Waals surface area contributed by atoms with Crippen molar-refractivity contribution in [2.24, 2.45) is 0 Å². The van der Waals surface area contributed by atoms with Crippen molar-refractivity contribution in [2.75, 3.05) is 18.0 Å². The fourth-order valence-corrected chi connectivity index (χ4v) is 3.36. The van der Waals surface area contributed by atoms with Crippen LogP contribution in [0.1, 0.15) is 18.5 Å². The van der Waals surface area contributed by atoms with Gasteiger partial charge in [0.15, 0.2) is 0 Å². The van der Waals surface area contributed by atoms with Gasteiger partial charge in [-0.2, -0.15) is 0 Å². The van der Waals surface area contributed by atoms with Crippen molar-refractivity contribution in [3.8, 4) is 0 Å². The number of alkyl halides is 1. The van der Waals surface area contributed by atoms with E-state index in [4.69, 9.17) is 0 Å². The van der Waals surface area contributed by atoms with E-state index in [1.54, 1.807) is 0 Å². The molecular weight excluding hydrogens is 288 g/mol. The summed E-state index contributed by atoms with van der Waals surface area (Å²) < 4.78 is 0. The molecule has 1 aromatic carbocycles. The smallest absolute Gasteiger partial charge is 0.0726 e. The van der Waals surface area contributed by atoms with Gasteiger partial charge in [-0.3, -0.25) is 4.98 Å². The lowest BCUT2D eigenvalue weighted by molar-refractivity contribution is 0.597. The lowest BCUT2D eigenvalue weighted by Gasteiger charge is -2.32. The highest BCUT2D eigenvalue weighted by molar-refractivity contribution is 9.09. The lowest BCUT2D eigenvalue weighted by Crippen LogP contribution is -2.35. The molecule has 2 nitrogen and oxygen atoms in total. The van der Waals surface area contributed by atoms with E-state index in [9.17, 15) is 0 Å². The minimum Gasteiger partial charge on any atom is -0.370 e.